The van der Waals surface area contributed by atoms with Gasteiger partial charge in [0.2, 0.25) is 6.79 Å². The van der Waals surface area contributed by atoms with Crippen LogP contribution < -0.4 is 14.4 Å². The van der Waals surface area contributed by atoms with Crippen LogP contribution in [0, 0.1) is 10.1 Å². The lowest BCUT2D eigenvalue weighted by molar-refractivity contribution is -0.384. The fraction of sp³-hybridized carbons (Fsp3) is 0.316. The molecule has 0 radical (unpaired) electrons. The third-order valence-electron chi connectivity index (χ3n) is 4.98. The molecule has 0 saturated carbocycles. The molecule has 2 aliphatic rings. The van der Waals surface area contributed by atoms with E-state index in [2.05, 4.69) is 4.90 Å². The third kappa shape index (κ3) is 3.56. The molecule has 0 bridgehead atoms. The van der Waals surface area contributed by atoms with Crippen LogP contribution in [-0.2, 0) is 6.54 Å². The number of anilines is 1. The van der Waals surface area contributed by atoms with E-state index in [9.17, 15) is 20.0 Å². The summed E-state index contributed by atoms with van der Waals surface area (Å²) in [7, 11) is 0. The number of nitro groups is 1. The Morgan fingerprint density at radius 1 is 1.07 bits per heavy atom. The van der Waals surface area contributed by atoms with E-state index in [1.807, 2.05) is 23.1 Å². The largest absolute Gasteiger partial charge is 0.478 e. The van der Waals surface area contributed by atoms with E-state index in [4.69, 9.17) is 9.47 Å². The van der Waals surface area contributed by atoms with Gasteiger partial charge in [0.25, 0.3) is 5.69 Å². The van der Waals surface area contributed by atoms with Gasteiger partial charge in [0, 0.05) is 44.9 Å². The first-order valence-corrected chi connectivity index (χ1v) is 8.89. The second-order valence-corrected chi connectivity index (χ2v) is 6.71. The molecule has 2 aliphatic heterocycles. The van der Waals surface area contributed by atoms with Crippen molar-refractivity contribution in [3.8, 4) is 11.5 Å². The first kappa shape index (κ1) is 18.1. The lowest BCUT2D eigenvalue weighted by Gasteiger charge is -2.36. The molecule has 1 saturated heterocycles. The number of nitro benzene ring substituents is 1. The van der Waals surface area contributed by atoms with Gasteiger partial charge >= 0.3 is 5.97 Å². The van der Waals surface area contributed by atoms with Gasteiger partial charge in [-0.1, -0.05) is 6.07 Å². The molecule has 1 N–H and O–H groups in total. The molecule has 9 nitrogen and oxygen atoms in total. The predicted molar refractivity (Wildman–Crippen MR) is 100 cm³/mol. The van der Waals surface area contributed by atoms with Crippen molar-refractivity contribution in [3.63, 3.8) is 0 Å². The first-order valence-electron chi connectivity index (χ1n) is 8.89. The van der Waals surface area contributed by atoms with Gasteiger partial charge in [0.15, 0.2) is 11.5 Å². The number of aromatic carboxylic acids is 1. The van der Waals surface area contributed by atoms with Crippen LogP contribution in [0.4, 0.5) is 11.4 Å². The van der Waals surface area contributed by atoms with Crippen LogP contribution in [0.15, 0.2) is 36.4 Å². The summed E-state index contributed by atoms with van der Waals surface area (Å²) in [4.78, 5) is 26.1. The number of fused-ring (bicyclic) bond motifs is 1. The molecule has 0 unspecified atom stereocenters. The fourth-order valence-corrected chi connectivity index (χ4v) is 3.53. The predicted octanol–water partition coefficient (Wildman–Crippen LogP) is 2.34. The minimum atomic E-state index is -1.17. The highest BCUT2D eigenvalue weighted by Gasteiger charge is 2.24. The molecule has 9 heteroatoms. The van der Waals surface area contributed by atoms with Gasteiger partial charge in [-0.15, -0.1) is 0 Å². The van der Waals surface area contributed by atoms with E-state index in [1.54, 1.807) is 0 Å². The van der Waals surface area contributed by atoms with E-state index >= 15 is 0 Å². The van der Waals surface area contributed by atoms with Crippen molar-refractivity contribution in [3.05, 3.63) is 57.6 Å². The van der Waals surface area contributed by atoms with Gasteiger partial charge < -0.3 is 19.5 Å². The summed E-state index contributed by atoms with van der Waals surface area (Å²) in [6.45, 7) is 3.80. The van der Waals surface area contributed by atoms with E-state index < -0.39 is 10.9 Å². The number of carboxylic acid groups (broad SMARTS) is 1. The Morgan fingerprint density at radius 2 is 1.82 bits per heavy atom. The Balaban J connectivity index is 1.43. The molecule has 1 fully saturated rings. The summed E-state index contributed by atoms with van der Waals surface area (Å²) in [5.74, 6) is 0.350. The lowest BCUT2D eigenvalue weighted by atomic mass is 10.1. The van der Waals surface area contributed by atoms with Crippen molar-refractivity contribution < 1.29 is 24.3 Å². The second kappa shape index (κ2) is 7.35. The van der Waals surface area contributed by atoms with Gasteiger partial charge in [-0.2, -0.15) is 0 Å². The van der Waals surface area contributed by atoms with E-state index in [1.165, 1.54) is 12.1 Å². The van der Waals surface area contributed by atoms with Gasteiger partial charge in [0.05, 0.1) is 16.2 Å². The van der Waals surface area contributed by atoms with Crippen LogP contribution in [-0.4, -0.2) is 53.9 Å². The van der Waals surface area contributed by atoms with Crippen molar-refractivity contribution in [2.75, 3.05) is 37.9 Å². The summed E-state index contributed by atoms with van der Waals surface area (Å²) in [5.41, 5.74) is 1.38. The smallest absolute Gasteiger partial charge is 0.338 e. The number of nitrogens with zero attached hydrogens (tertiary/aromatic N) is 3. The molecular weight excluding hydrogens is 366 g/mol. The van der Waals surface area contributed by atoms with Gasteiger partial charge in [0.1, 0.15) is 0 Å². The zero-order chi connectivity index (χ0) is 19.7. The molecule has 2 aromatic carbocycles. The maximum absolute atomic E-state index is 11.6. The second-order valence-electron chi connectivity index (χ2n) is 6.71. The van der Waals surface area contributed by atoms with Gasteiger partial charge in [-0.25, -0.2) is 4.79 Å². The summed E-state index contributed by atoms with van der Waals surface area (Å²) in [6.07, 6.45) is 0. The van der Waals surface area contributed by atoms with Crippen LogP contribution in [0.2, 0.25) is 0 Å². The van der Waals surface area contributed by atoms with Crippen molar-refractivity contribution in [2.45, 2.75) is 6.54 Å². The molecular formula is C19H19N3O6. The Bertz CT molecular complexity index is 924. The Labute approximate surface area is 160 Å². The third-order valence-corrected chi connectivity index (χ3v) is 4.98. The Kier molecular flexibility index (Phi) is 4.74. The molecule has 0 spiro atoms. The van der Waals surface area contributed by atoms with E-state index in [0.29, 0.717) is 18.8 Å². The zero-order valence-electron chi connectivity index (χ0n) is 15.0. The Hall–Kier alpha value is -3.33. The monoisotopic (exact) mass is 385 g/mol. The van der Waals surface area contributed by atoms with Crippen molar-refractivity contribution >= 4 is 17.3 Å². The van der Waals surface area contributed by atoms with Crippen LogP contribution in [0.1, 0.15) is 15.9 Å². The SMILES string of the molecule is O=C(O)c1cc([N+](=O)[O-])ccc1N1CCN(Cc2ccc3c(c2)OCO3)CC1. The number of hydrogen-bond donors (Lipinski definition) is 1. The molecule has 28 heavy (non-hydrogen) atoms. The van der Waals surface area contributed by atoms with Crippen molar-refractivity contribution in [1.29, 1.82) is 0 Å². The van der Waals surface area contributed by atoms with Crippen molar-refractivity contribution in [1.82, 2.24) is 4.90 Å². The first-order chi connectivity index (χ1) is 13.5. The highest BCUT2D eigenvalue weighted by molar-refractivity contribution is 5.95. The Morgan fingerprint density at radius 3 is 2.54 bits per heavy atom. The topological polar surface area (TPSA) is 105 Å². The highest BCUT2D eigenvalue weighted by atomic mass is 16.7. The molecule has 0 aromatic heterocycles. The van der Waals surface area contributed by atoms with Gasteiger partial charge in [-0.05, 0) is 23.8 Å². The number of hydrogen-bond acceptors (Lipinski definition) is 7. The molecule has 2 aromatic rings. The summed E-state index contributed by atoms with van der Waals surface area (Å²) < 4.78 is 10.7. The summed E-state index contributed by atoms with van der Waals surface area (Å²) >= 11 is 0. The van der Waals surface area contributed by atoms with Gasteiger partial charge in [-0.3, -0.25) is 15.0 Å². The maximum atomic E-state index is 11.6. The number of non-ortho nitro benzene ring substituents is 1. The quantitative estimate of drug-likeness (QED) is 0.618. The molecule has 4 rings (SSSR count). The van der Waals surface area contributed by atoms with Crippen LogP contribution >= 0.6 is 0 Å². The minimum Gasteiger partial charge on any atom is -0.478 e. The molecule has 0 atom stereocenters. The van der Waals surface area contributed by atoms with Crippen LogP contribution in [0.5, 0.6) is 11.5 Å². The minimum absolute atomic E-state index is 0.0431. The van der Waals surface area contributed by atoms with Crippen LogP contribution in [0.25, 0.3) is 0 Å². The normalized spacial score (nSPS) is 16.2. The number of carbonyl (C=O) groups is 1. The zero-order valence-corrected chi connectivity index (χ0v) is 15.0. The van der Waals surface area contributed by atoms with Crippen LogP contribution in [0.3, 0.4) is 0 Å². The molecule has 2 heterocycles. The average molecular weight is 385 g/mol. The molecule has 0 amide bonds. The van der Waals surface area contributed by atoms with Crippen molar-refractivity contribution in [2.24, 2.45) is 0 Å². The molecule has 146 valence electrons. The maximum Gasteiger partial charge on any atom is 0.338 e. The fourth-order valence-electron chi connectivity index (χ4n) is 3.53. The lowest BCUT2D eigenvalue weighted by Crippen LogP contribution is -2.46. The molecule has 0 aliphatic carbocycles. The number of carboxylic acids is 1. The van der Waals surface area contributed by atoms with E-state index in [-0.39, 0.29) is 18.0 Å². The highest BCUT2D eigenvalue weighted by Crippen LogP contribution is 2.33. The number of ether oxygens (including phenoxy) is 2. The van der Waals surface area contributed by atoms with E-state index in [0.717, 1.165) is 42.8 Å². The standard InChI is InChI=1S/C19H19N3O6/c23-19(24)15-10-14(22(25)26)2-3-16(15)21-7-5-20(6-8-21)11-13-1-4-17-18(9-13)28-12-27-17/h1-4,9-10H,5-8,11-12H2,(H,23,24). The summed E-state index contributed by atoms with van der Waals surface area (Å²) in [6, 6.07) is 9.89. The number of benzene rings is 2. The average Bonchev–Trinajstić information content (AvgIpc) is 3.16. The number of rotatable bonds is 5. The summed E-state index contributed by atoms with van der Waals surface area (Å²) in [5, 5.41) is 20.4. The number of piperazine rings is 1.